The quantitative estimate of drug-likeness (QED) is 0.461. The number of benzene rings is 2. The van der Waals surface area contributed by atoms with Crippen molar-refractivity contribution in [2.24, 2.45) is 0 Å². The minimum absolute atomic E-state index is 0.0408. The number of ether oxygens (including phenoxy) is 2. The van der Waals surface area contributed by atoms with Crippen molar-refractivity contribution in [1.82, 2.24) is 0 Å². The van der Waals surface area contributed by atoms with E-state index in [4.69, 9.17) is 9.84 Å². The maximum atomic E-state index is 10.3. The van der Waals surface area contributed by atoms with E-state index in [1.54, 1.807) is 42.3 Å². The molecule has 0 heterocycles. The van der Waals surface area contributed by atoms with E-state index in [0.717, 1.165) is 11.3 Å². The number of hydrogen-bond acceptors (Lipinski definition) is 4. The number of thioether (sulfide) groups is 1. The van der Waals surface area contributed by atoms with Crippen molar-refractivity contribution in [3.05, 3.63) is 72.5 Å². The van der Waals surface area contributed by atoms with Gasteiger partial charge in [-0.1, -0.05) is 30.3 Å². The molecule has 0 aliphatic carbocycles. The average molecular weight is 316 g/mol. The highest BCUT2D eigenvalue weighted by atomic mass is 32.2. The minimum Gasteiger partial charge on any atom is -0.465 e. The van der Waals surface area contributed by atoms with E-state index in [9.17, 15) is 4.79 Å². The van der Waals surface area contributed by atoms with Crippen LogP contribution < -0.4 is 4.74 Å². The number of rotatable bonds is 7. The molecule has 0 saturated carbocycles. The molecule has 2 rings (SSSR count). The maximum absolute atomic E-state index is 10.3. The van der Waals surface area contributed by atoms with Gasteiger partial charge in [-0.05, 0) is 35.9 Å². The average Bonchev–Trinajstić information content (AvgIpc) is 2.54. The zero-order chi connectivity index (χ0) is 15.6. The lowest BCUT2D eigenvalue weighted by molar-refractivity contribution is 0.0854. The molecule has 0 aliphatic rings. The van der Waals surface area contributed by atoms with Gasteiger partial charge in [0.05, 0.1) is 6.26 Å². The summed E-state index contributed by atoms with van der Waals surface area (Å²) in [6, 6.07) is 17.2. The van der Waals surface area contributed by atoms with Crippen LogP contribution >= 0.6 is 11.8 Å². The van der Waals surface area contributed by atoms with Crippen LogP contribution in [0.15, 0.2) is 71.8 Å². The molecule has 0 aromatic heterocycles. The van der Waals surface area contributed by atoms with Gasteiger partial charge in [0.1, 0.15) is 12.4 Å². The van der Waals surface area contributed by atoms with Gasteiger partial charge in [0.2, 0.25) is 0 Å². The number of carbonyl (C=O) groups is 1. The van der Waals surface area contributed by atoms with Crippen LogP contribution in [0.1, 0.15) is 5.56 Å². The lowest BCUT2D eigenvalue weighted by atomic mass is 10.2. The van der Waals surface area contributed by atoms with Crippen LogP contribution in [0, 0.1) is 0 Å². The Hall–Kier alpha value is -2.40. The van der Waals surface area contributed by atoms with E-state index < -0.39 is 6.16 Å². The summed E-state index contributed by atoms with van der Waals surface area (Å²) >= 11 is 1.73. The van der Waals surface area contributed by atoms with Crippen LogP contribution in [0.5, 0.6) is 5.75 Å². The van der Waals surface area contributed by atoms with Crippen molar-refractivity contribution in [3.63, 3.8) is 0 Å². The van der Waals surface area contributed by atoms with Gasteiger partial charge in [0.25, 0.3) is 0 Å². The fraction of sp³-hybridized carbons (Fsp3) is 0.118. The van der Waals surface area contributed by atoms with Gasteiger partial charge < -0.3 is 14.6 Å². The summed E-state index contributed by atoms with van der Waals surface area (Å²) in [6.45, 7) is 0.0408. The molecule has 0 spiro atoms. The van der Waals surface area contributed by atoms with Crippen molar-refractivity contribution < 1.29 is 19.4 Å². The second-order valence-corrected chi connectivity index (χ2v) is 5.41. The molecule has 2 aromatic carbocycles. The fourth-order valence-electron chi connectivity index (χ4n) is 1.64. The van der Waals surface area contributed by atoms with Crippen LogP contribution in [0.3, 0.4) is 0 Å². The topological polar surface area (TPSA) is 55.8 Å². The van der Waals surface area contributed by atoms with Crippen LogP contribution in [-0.4, -0.2) is 17.0 Å². The monoisotopic (exact) mass is 316 g/mol. The van der Waals surface area contributed by atoms with E-state index in [0.29, 0.717) is 5.75 Å². The Bertz CT molecular complexity index is 608. The molecule has 0 radical (unpaired) electrons. The Kier molecular flexibility index (Phi) is 6.39. The molecule has 5 heteroatoms. The Morgan fingerprint density at radius 1 is 1.09 bits per heavy atom. The molecule has 0 fully saturated rings. The lowest BCUT2D eigenvalue weighted by Gasteiger charge is -2.03. The molecule has 4 nitrogen and oxygen atoms in total. The third kappa shape index (κ3) is 5.93. The van der Waals surface area contributed by atoms with E-state index >= 15 is 0 Å². The molecule has 0 bridgehead atoms. The summed E-state index contributed by atoms with van der Waals surface area (Å²) in [6.07, 6.45) is 2.32. The lowest BCUT2D eigenvalue weighted by Crippen LogP contribution is -1.99. The summed E-state index contributed by atoms with van der Waals surface area (Å²) < 4.78 is 9.96. The van der Waals surface area contributed by atoms with Gasteiger partial charge >= 0.3 is 6.16 Å². The van der Waals surface area contributed by atoms with Gasteiger partial charge in [-0.15, -0.1) is 11.8 Å². The standard InChI is InChI=1S/C17H16O4S/c18-17(19)21-13-14-7-9-15(10-8-14)20-11-4-12-22-16-5-2-1-3-6-16/h1-11H,12-13H2,(H,18,19). The smallest absolute Gasteiger partial charge is 0.465 e. The predicted molar refractivity (Wildman–Crippen MR) is 86.2 cm³/mol. The third-order valence-electron chi connectivity index (χ3n) is 2.68. The molecule has 0 amide bonds. The molecular formula is C17H16O4S. The zero-order valence-corrected chi connectivity index (χ0v) is 12.7. The molecule has 2 aromatic rings. The van der Waals surface area contributed by atoms with Gasteiger partial charge in [-0.2, -0.15) is 0 Å². The van der Waals surface area contributed by atoms with E-state index in [1.165, 1.54) is 4.90 Å². The van der Waals surface area contributed by atoms with Crippen molar-refractivity contribution in [2.45, 2.75) is 11.5 Å². The van der Waals surface area contributed by atoms with Gasteiger partial charge in [0.15, 0.2) is 0 Å². The van der Waals surface area contributed by atoms with E-state index in [1.807, 2.05) is 24.3 Å². The zero-order valence-electron chi connectivity index (χ0n) is 11.8. The molecule has 0 saturated heterocycles. The molecule has 114 valence electrons. The van der Waals surface area contributed by atoms with E-state index in [-0.39, 0.29) is 6.61 Å². The van der Waals surface area contributed by atoms with Crippen molar-refractivity contribution in [1.29, 1.82) is 0 Å². The normalized spacial score (nSPS) is 10.5. The number of hydrogen-bond donors (Lipinski definition) is 1. The Morgan fingerprint density at radius 3 is 2.50 bits per heavy atom. The van der Waals surface area contributed by atoms with Crippen molar-refractivity contribution in [3.8, 4) is 5.75 Å². The Morgan fingerprint density at radius 2 is 1.82 bits per heavy atom. The summed E-state index contributed by atoms with van der Waals surface area (Å²) in [5.41, 5.74) is 0.776. The highest BCUT2D eigenvalue weighted by molar-refractivity contribution is 7.99. The first-order chi connectivity index (χ1) is 10.7. The summed E-state index contributed by atoms with van der Waals surface area (Å²) in [5.74, 6) is 1.52. The second-order valence-electron chi connectivity index (χ2n) is 4.31. The molecule has 22 heavy (non-hydrogen) atoms. The molecular weight excluding hydrogens is 300 g/mol. The van der Waals surface area contributed by atoms with Gasteiger partial charge in [0, 0.05) is 10.6 Å². The highest BCUT2D eigenvalue weighted by Crippen LogP contribution is 2.17. The predicted octanol–water partition coefficient (Wildman–Crippen LogP) is 4.57. The first kappa shape index (κ1) is 16.0. The van der Waals surface area contributed by atoms with Gasteiger partial charge in [-0.3, -0.25) is 0 Å². The Balaban J connectivity index is 1.72. The minimum atomic E-state index is -1.28. The third-order valence-corrected chi connectivity index (χ3v) is 3.64. The second kappa shape index (κ2) is 8.79. The largest absolute Gasteiger partial charge is 0.506 e. The SMILES string of the molecule is O=C(O)OCc1ccc(OC=CCSc2ccccc2)cc1. The van der Waals surface area contributed by atoms with Gasteiger partial charge in [-0.25, -0.2) is 4.79 Å². The highest BCUT2D eigenvalue weighted by Gasteiger charge is 1.99. The van der Waals surface area contributed by atoms with Crippen molar-refractivity contribution in [2.75, 3.05) is 5.75 Å². The van der Waals surface area contributed by atoms with Crippen LogP contribution in [0.25, 0.3) is 0 Å². The van der Waals surface area contributed by atoms with Crippen LogP contribution in [0.2, 0.25) is 0 Å². The molecule has 0 atom stereocenters. The molecule has 1 N–H and O–H groups in total. The number of carboxylic acid groups (broad SMARTS) is 1. The molecule has 0 unspecified atom stereocenters. The van der Waals surface area contributed by atoms with Crippen LogP contribution in [0.4, 0.5) is 4.79 Å². The molecule has 0 aliphatic heterocycles. The van der Waals surface area contributed by atoms with Crippen molar-refractivity contribution >= 4 is 17.9 Å². The maximum Gasteiger partial charge on any atom is 0.506 e. The first-order valence-corrected chi connectivity index (χ1v) is 7.67. The summed E-state index contributed by atoms with van der Waals surface area (Å²) in [4.78, 5) is 11.5. The Labute approximate surface area is 133 Å². The summed E-state index contributed by atoms with van der Waals surface area (Å²) in [5, 5.41) is 8.42. The fourth-order valence-corrected chi connectivity index (χ4v) is 2.35. The first-order valence-electron chi connectivity index (χ1n) is 6.68. The van der Waals surface area contributed by atoms with E-state index in [2.05, 4.69) is 16.9 Å². The summed E-state index contributed by atoms with van der Waals surface area (Å²) in [7, 11) is 0. The van der Waals surface area contributed by atoms with Crippen LogP contribution in [-0.2, 0) is 11.3 Å².